The molecule has 3 N–H and O–H groups in total. The van der Waals surface area contributed by atoms with Gasteiger partial charge in [0.15, 0.2) is 0 Å². The van der Waals surface area contributed by atoms with Gasteiger partial charge in [-0.05, 0) is 6.92 Å². The molecular formula is C6H14N4. The first kappa shape index (κ1) is 8.94. The van der Waals surface area contributed by atoms with Gasteiger partial charge in [-0.15, -0.1) is 5.10 Å². The summed E-state index contributed by atoms with van der Waals surface area (Å²) in [5.74, 6) is 0.824. The average molecular weight is 142 g/mol. The molecule has 0 aliphatic heterocycles. The molecule has 0 heterocycles. The van der Waals surface area contributed by atoms with Crippen LogP contribution in [0.3, 0.4) is 0 Å². The minimum atomic E-state index is 0.263. The van der Waals surface area contributed by atoms with Crippen LogP contribution in [0.1, 0.15) is 20.8 Å². The van der Waals surface area contributed by atoms with Crippen LogP contribution in [0.2, 0.25) is 0 Å². The second kappa shape index (κ2) is 4.78. The highest BCUT2D eigenvalue weighted by molar-refractivity contribution is 5.81. The Morgan fingerprint density at radius 1 is 1.60 bits per heavy atom. The van der Waals surface area contributed by atoms with E-state index in [-0.39, 0.29) is 5.92 Å². The number of rotatable bonds is 3. The number of amidine groups is 1. The summed E-state index contributed by atoms with van der Waals surface area (Å²) in [4.78, 5) is 0. The lowest BCUT2D eigenvalue weighted by atomic mass is 10.2. The third kappa shape index (κ3) is 3.88. The van der Waals surface area contributed by atoms with E-state index in [2.05, 4.69) is 15.7 Å². The van der Waals surface area contributed by atoms with Crippen LogP contribution in [-0.4, -0.2) is 12.1 Å². The van der Waals surface area contributed by atoms with Crippen LogP contribution in [-0.2, 0) is 0 Å². The van der Waals surface area contributed by atoms with Gasteiger partial charge < -0.3 is 5.73 Å². The number of nitrogens with zero attached hydrogens (tertiary/aromatic N) is 2. The van der Waals surface area contributed by atoms with Crippen LogP contribution in [0.25, 0.3) is 0 Å². The molecule has 0 rings (SSSR count). The van der Waals surface area contributed by atoms with Gasteiger partial charge in [0.1, 0.15) is 5.84 Å². The SMILES string of the molecule is C/C=N\N/N=C(\N)C(C)C. The van der Waals surface area contributed by atoms with Crippen molar-refractivity contribution in [3.05, 3.63) is 0 Å². The molecule has 10 heavy (non-hydrogen) atoms. The maximum atomic E-state index is 5.47. The molecule has 0 aromatic carbocycles. The minimum absolute atomic E-state index is 0.263. The standard InChI is InChI=1S/C6H14N4/c1-4-8-10-9-6(7)5(2)3/h4-5,10H,1-3H3,(H2,7,9)/b8-4-. The van der Waals surface area contributed by atoms with Crippen LogP contribution in [0, 0.1) is 5.92 Å². The van der Waals surface area contributed by atoms with E-state index in [0.717, 1.165) is 0 Å². The van der Waals surface area contributed by atoms with Crippen molar-refractivity contribution < 1.29 is 0 Å². The van der Waals surface area contributed by atoms with Crippen LogP contribution >= 0.6 is 0 Å². The fourth-order valence-electron chi connectivity index (χ4n) is 0.273. The Bertz CT molecular complexity index is 137. The molecule has 0 saturated carbocycles. The highest BCUT2D eigenvalue weighted by Crippen LogP contribution is 1.88. The quantitative estimate of drug-likeness (QED) is 0.342. The van der Waals surface area contributed by atoms with Gasteiger partial charge in [0.05, 0.1) is 0 Å². The first-order chi connectivity index (χ1) is 4.68. The van der Waals surface area contributed by atoms with Crippen molar-refractivity contribution in [3.63, 3.8) is 0 Å². The highest BCUT2D eigenvalue weighted by atomic mass is 15.5. The molecule has 0 saturated heterocycles. The van der Waals surface area contributed by atoms with Gasteiger partial charge in [-0.2, -0.15) is 10.6 Å². The Morgan fingerprint density at radius 2 is 2.20 bits per heavy atom. The number of hydrogen-bond acceptors (Lipinski definition) is 3. The molecule has 0 aliphatic carbocycles. The summed E-state index contributed by atoms with van der Waals surface area (Å²) in [6.07, 6.45) is 1.61. The maximum Gasteiger partial charge on any atom is 0.124 e. The summed E-state index contributed by atoms with van der Waals surface area (Å²) in [7, 11) is 0. The fourth-order valence-corrected chi connectivity index (χ4v) is 0.273. The molecular weight excluding hydrogens is 128 g/mol. The molecule has 58 valence electrons. The molecule has 0 aromatic heterocycles. The van der Waals surface area contributed by atoms with E-state index < -0.39 is 0 Å². The van der Waals surface area contributed by atoms with E-state index in [1.807, 2.05) is 13.8 Å². The van der Waals surface area contributed by atoms with E-state index in [1.54, 1.807) is 13.1 Å². The Kier molecular flexibility index (Phi) is 4.28. The minimum Gasteiger partial charge on any atom is -0.385 e. The van der Waals surface area contributed by atoms with Crippen molar-refractivity contribution in [3.8, 4) is 0 Å². The van der Waals surface area contributed by atoms with E-state index in [9.17, 15) is 0 Å². The Hall–Kier alpha value is -1.06. The van der Waals surface area contributed by atoms with Gasteiger partial charge in [0.2, 0.25) is 0 Å². The van der Waals surface area contributed by atoms with Gasteiger partial charge in [-0.3, -0.25) is 0 Å². The third-order valence-corrected chi connectivity index (χ3v) is 0.957. The monoisotopic (exact) mass is 142 g/mol. The summed E-state index contributed by atoms with van der Waals surface area (Å²) in [5, 5.41) is 7.41. The third-order valence-electron chi connectivity index (χ3n) is 0.957. The summed E-state index contributed by atoms with van der Waals surface area (Å²) >= 11 is 0. The molecule has 0 unspecified atom stereocenters. The highest BCUT2D eigenvalue weighted by Gasteiger charge is 1.96. The molecule has 0 aromatic rings. The van der Waals surface area contributed by atoms with E-state index in [0.29, 0.717) is 5.84 Å². The zero-order valence-electron chi connectivity index (χ0n) is 6.63. The average Bonchev–Trinajstić information content (AvgIpc) is 1.88. The summed E-state index contributed by atoms with van der Waals surface area (Å²) < 4.78 is 0. The van der Waals surface area contributed by atoms with Crippen LogP contribution in [0.5, 0.6) is 0 Å². The van der Waals surface area contributed by atoms with Gasteiger partial charge in [0, 0.05) is 12.1 Å². The molecule has 0 aliphatic rings. The van der Waals surface area contributed by atoms with E-state index >= 15 is 0 Å². The zero-order chi connectivity index (χ0) is 7.98. The summed E-state index contributed by atoms with van der Waals surface area (Å²) in [6.45, 7) is 5.74. The molecule has 0 amide bonds. The number of hydrogen-bond donors (Lipinski definition) is 2. The Morgan fingerprint density at radius 3 is 2.60 bits per heavy atom. The topological polar surface area (TPSA) is 62.8 Å². The number of nitrogens with one attached hydrogen (secondary N) is 1. The first-order valence-corrected chi connectivity index (χ1v) is 3.24. The molecule has 4 heteroatoms. The smallest absolute Gasteiger partial charge is 0.124 e. The lowest BCUT2D eigenvalue weighted by Crippen LogP contribution is -2.21. The Labute approximate surface area is 61.2 Å². The van der Waals surface area contributed by atoms with Crippen LogP contribution in [0.4, 0.5) is 0 Å². The van der Waals surface area contributed by atoms with Crippen molar-refractivity contribution in [1.82, 2.24) is 5.53 Å². The van der Waals surface area contributed by atoms with Gasteiger partial charge in [-0.1, -0.05) is 13.8 Å². The van der Waals surface area contributed by atoms with E-state index in [4.69, 9.17) is 5.73 Å². The van der Waals surface area contributed by atoms with Crippen molar-refractivity contribution in [2.45, 2.75) is 20.8 Å². The zero-order valence-corrected chi connectivity index (χ0v) is 6.63. The van der Waals surface area contributed by atoms with E-state index in [1.165, 1.54) is 0 Å². The molecule has 0 radical (unpaired) electrons. The molecule has 0 spiro atoms. The first-order valence-electron chi connectivity index (χ1n) is 3.24. The van der Waals surface area contributed by atoms with Crippen molar-refractivity contribution >= 4 is 12.1 Å². The lowest BCUT2D eigenvalue weighted by Gasteiger charge is -2.00. The lowest BCUT2D eigenvalue weighted by molar-refractivity contribution is 0.772. The largest absolute Gasteiger partial charge is 0.385 e. The van der Waals surface area contributed by atoms with Crippen molar-refractivity contribution in [2.75, 3.05) is 0 Å². The Balaban J connectivity index is 3.68. The fraction of sp³-hybridized carbons (Fsp3) is 0.667. The molecule has 4 nitrogen and oxygen atoms in total. The normalized spacial score (nSPS) is 13.0. The predicted octanol–water partition coefficient (Wildman–Crippen LogP) is 0.510. The molecule has 0 fully saturated rings. The summed E-state index contributed by atoms with van der Waals surface area (Å²) in [6, 6.07) is 0. The maximum absolute atomic E-state index is 5.47. The molecule has 0 bridgehead atoms. The van der Waals surface area contributed by atoms with Crippen molar-refractivity contribution in [2.24, 2.45) is 21.9 Å². The predicted molar refractivity (Wildman–Crippen MR) is 43.8 cm³/mol. The second-order valence-electron chi connectivity index (χ2n) is 2.18. The second-order valence-corrected chi connectivity index (χ2v) is 2.18. The van der Waals surface area contributed by atoms with Gasteiger partial charge >= 0.3 is 0 Å². The number of hydrazone groups is 2. The van der Waals surface area contributed by atoms with Crippen LogP contribution < -0.4 is 11.3 Å². The number of nitrogens with two attached hydrogens (primary N) is 1. The van der Waals surface area contributed by atoms with Crippen LogP contribution in [0.15, 0.2) is 10.2 Å². The van der Waals surface area contributed by atoms with Gasteiger partial charge in [0.25, 0.3) is 0 Å². The molecule has 0 atom stereocenters. The van der Waals surface area contributed by atoms with Crippen molar-refractivity contribution in [1.29, 1.82) is 0 Å². The van der Waals surface area contributed by atoms with Gasteiger partial charge in [-0.25, -0.2) is 0 Å². The summed E-state index contributed by atoms with van der Waals surface area (Å²) in [5.41, 5.74) is 7.92.